The molecule has 0 aliphatic carbocycles. The van der Waals surface area contributed by atoms with Crippen molar-refractivity contribution in [3.63, 3.8) is 0 Å². The molecular weight excluding hydrogens is 681 g/mol. The highest BCUT2D eigenvalue weighted by Gasteiger charge is 2.22. The van der Waals surface area contributed by atoms with Crippen molar-refractivity contribution < 1.29 is 0 Å². The summed E-state index contributed by atoms with van der Waals surface area (Å²) in [4.78, 5) is 20.3. The number of para-hydroxylation sites is 1. The summed E-state index contributed by atoms with van der Waals surface area (Å²) in [5.74, 6) is 0. The fourth-order valence-electron chi connectivity index (χ4n) is 8.47. The molecule has 0 atom stereocenters. The number of nitrogens with zero attached hydrogens (tertiary/aromatic N) is 4. The van der Waals surface area contributed by atoms with Gasteiger partial charge >= 0.3 is 0 Å². The first kappa shape index (κ1) is 31.8. The normalized spacial score (nSPS) is 11.6. The van der Waals surface area contributed by atoms with Crippen LogP contribution in [-0.2, 0) is 0 Å². The van der Waals surface area contributed by atoms with Gasteiger partial charge in [0.1, 0.15) is 0 Å². The summed E-state index contributed by atoms with van der Waals surface area (Å²) >= 11 is 0. The lowest BCUT2D eigenvalue weighted by Crippen LogP contribution is -1.98. The van der Waals surface area contributed by atoms with Crippen LogP contribution in [0.2, 0.25) is 0 Å². The van der Waals surface area contributed by atoms with E-state index in [0.717, 1.165) is 66.6 Å². The molecule has 4 nitrogen and oxygen atoms in total. The van der Waals surface area contributed by atoms with Crippen molar-refractivity contribution in [2.24, 2.45) is 0 Å². The number of fused-ring (bicyclic) bond motifs is 11. The summed E-state index contributed by atoms with van der Waals surface area (Å²) in [5.41, 5.74) is 10.1. The number of hydrogen-bond donors (Lipinski definition) is 0. The molecule has 11 rings (SSSR count). The van der Waals surface area contributed by atoms with E-state index in [2.05, 4.69) is 126 Å². The molecule has 0 aliphatic rings. The van der Waals surface area contributed by atoms with Crippen LogP contribution in [-0.4, -0.2) is 15.0 Å². The maximum Gasteiger partial charge on any atom is 0.197 e. The molecule has 11 aromatic rings. The van der Waals surface area contributed by atoms with Crippen molar-refractivity contribution in [3.8, 4) is 44.9 Å². The number of benzene rings is 9. The molecule has 0 unspecified atom stereocenters. The molecule has 9 aromatic carbocycles. The Balaban J connectivity index is 1.20. The lowest BCUT2D eigenvalue weighted by molar-refractivity contribution is 1.30. The van der Waals surface area contributed by atoms with E-state index in [1.807, 2.05) is 60.7 Å². The van der Waals surface area contributed by atoms with Crippen LogP contribution in [0.1, 0.15) is 0 Å². The summed E-state index contributed by atoms with van der Waals surface area (Å²) in [5, 5.41) is 10.0. The van der Waals surface area contributed by atoms with Crippen molar-refractivity contribution in [3.05, 3.63) is 193 Å². The minimum absolute atomic E-state index is 0.526. The Morgan fingerprint density at radius 3 is 1.48 bits per heavy atom. The Morgan fingerprint density at radius 1 is 0.321 bits per heavy atom. The predicted octanol–water partition coefficient (Wildman–Crippen LogP) is 14.0. The first-order chi connectivity index (χ1) is 27.7. The molecular formula is C52H30N4. The van der Waals surface area contributed by atoms with E-state index < -0.39 is 0 Å². The lowest BCUT2D eigenvalue weighted by Gasteiger charge is -2.17. The largest absolute Gasteiger partial charge is 0.247 e. The molecule has 0 saturated heterocycles. The zero-order valence-electron chi connectivity index (χ0n) is 30.1. The van der Waals surface area contributed by atoms with Gasteiger partial charge in [-0.15, -0.1) is 0 Å². The van der Waals surface area contributed by atoms with Gasteiger partial charge in [-0.1, -0.05) is 158 Å². The quantitative estimate of drug-likeness (QED) is 0.135. The van der Waals surface area contributed by atoms with Crippen LogP contribution in [0.15, 0.2) is 182 Å². The van der Waals surface area contributed by atoms with Gasteiger partial charge in [-0.05, 0) is 73.1 Å². The fraction of sp³-hybridized carbons (Fsp3) is 0. The first-order valence-electron chi connectivity index (χ1n) is 18.7. The third-order valence-electron chi connectivity index (χ3n) is 11.0. The van der Waals surface area contributed by atoms with Crippen molar-refractivity contribution in [1.82, 2.24) is 15.0 Å². The van der Waals surface area contributed by atoms with E-state index in [0.29, 0.717) is 16.7 Å². The smallest absolute Gasteiger partial charge is 0.197 e. The topological polar surface area (TPSA) is 43.0 Å². The van der Waals surface area contributed by atoms with Crippen molar-refractivity contribution >= 4 is 70.7 Å². The zero-order chi connectivity index (χ0) is 37.2. The van der Waals surface area contributed by atoms with Gasteiger partial charge in [-0.2, -0.15) is 0 Å². The van der Waals surface area contributed by atoms with E-state index in [1.165, 1.54) is 32.3 Å². The summed E-state index contributed by atoms with van der Waals surface area (Å²) in [7, 11) is 0. The summed E-state index contributed by atoms with van der Waals surface area (Å²) in [6.45, 7) is 8.42. The maximum absolute atomic E-state index is 8.42. The van der Waals surface area contributed by atoms with Crippen LogP contribution in [0.5, 0.6) is 0 Å². The molecule has 4 heteroatoms. The van der Waals surface area contributed by atoms with Crippen LogP contribution < -0.4 is 0 Å². The van der Waals surface area contributed by atoms with Crippen molar-refractivity contribution in [2.45, 2.75) is 0 Å². The van der Waals surface area contributed by atoms with Crippen molar-refractivity contribution in [1.29, 1.82) is 0 Å². The SMILES string of the molecule is [C-]#[N+]c1cc2nc(-c3ccccc3)c(-c3ccccc3)nc2c2c(-c3cccc(-c4ccc5c6ccccc6c6ccccc6c5c4)c3)nc3ccccc3c12. The molecule has 0 bridgehead atoms. The van der Waals surface area contributed by atoms with Crippen molar-refractivity contribution in [2.75, 3.05) is 0 Å². The predicted molar refractivity (Wildman–Crippen MR) is 233 cm³/mol. The highest BCUT2D eigenvalue weighted by Crippen LogP contribution is 2.44. The van der Waals surface area contributed by atoms with Gasteiger partial charge in [0, 0.05) is 27.5 Å². The molecule has 0 fully saturated rings. The molecule has 0 saturated carbocycles. The Kier molecular flexibility index (Phi) is 7.20. The second-order valence-corrected chi connectivity index (χ2v) is 14.2. The number of pyridine rings is 1. The number of hydrogen-bond acceptors (Lipinski definition) is 3. The van der Waals surface area contributed by atoms with E-state index in [1.54, 1.807) is 0 Å². The van der Waals surface area contributed by atoms with Crippen LogP contribution in [0, 0.1) is 6.57 Å². The Morgan fingerprint density at radius 2 is 0.821 bits per heavy atom. The molecule has 0 spiro atoms. The van der Waals surface area contributed by atoms with Gasteiger partial charge in [0.05, 0.1) is 40.2 Å². The minimum atomic E-state index is 0.526. The molecule has 0 aliphatic heterocycles. The van der Waals surface area contributed by atoms with Crippen LogP contribution in [0.4, 0.5) is 5.69 Å². The van der Waals surface area contributed by atoms with Gasteiger partial charge in [-0.3, -0.25) is 0 Å². The highest BCUT2D eigenvalue weighted by molar-refractivity contribution is 6.26. The summed E-state index contributed by atoms with van der Waals surface area (Å²) in [6, 6.07) is 63.1. The average Bonchev–Trinajstić information content (AvgIpc) is 3.28. The van der Waals surface area contributed by atoms with E-state index >= 15 is 0 Å². The lowest BCUT2D eigenvalue weighted by atomic mass is 9.91. The second-order valence-electron chi connectivity index (χ2n) is 14.2. The number of rotatable bonds is 4. The molecule has 258 valence electrons. The third-order valence-corrected chi connectivity index (χ3v) is 11.0. The van der Waals surface area contributed by atoms with Gasteiger partial charge in [0.25, 0.3) is 0 Å². The molecule has 0 radical (unpaired) electrons. The molecule has 0 amide bonds. The zero-order valence-corrected chi connectivity index (χ0v) is 30.1. The Hall–Kier alpha value is -7.74. The summed E-state index contributed by atoms with van der Waals surface area (Å²) in [6.07, 6.45) is 0. The Bertz CT molecular complexity index is 3390. The first-order valence-corrected chi connectivity index (χ1v) is 18.7. The molecule has 0 N–H and O–H groups in total. The van der Waals surface area contributed by atoms with E-state index in [9.17, 15) is 0 Å². The monoisotopic (exact) mass is 710 g/mol. The second kappa shape index (κ2) is 12.7. The standard InChI is InChI=1S/C52H30N4/c1-53-45-31-46-52(56-51(33-17-6-3-7-18-33)50(55-46)32-15-4-2-5-16-32)48-47(45)42-25-12-13-26-44(42)54-49(48)36-20-14-19-34(29-36)35-27-28-41-39-23-9-8-21-37(39)38-22-10-11-24-40(38)43(41)30-35/h2-31H. The van der Waals surface area contributed by atoms with Crippen LogP contribution >= 0.6 is 0 Å². The number of aromatic nitrogens is 3. The molecule has 56 heavy (non-hydrogen) atoms. The summed E-state index contributed by atoms with van der Waals surface area (Å²) < 4.78 is 0. The third kappa shape index (κ3) is 4.96. The highest BCUT2D eigenvalue weighted by atomic mass is 14.8. The fourth-order valence-corrected chi connectivity index (χ4v) is 8.47. The van der Waals surface area contributed by atoms with E-state index in [4.69, 9.17) is 21.5 Å². The minimum Gasteiger partial charge on any atom is -0.247 e. The molecule has 2 aromatic heterocycles. The van der Waals surface area contributed by atoms with Crippen LogP contribution in [0.3, 0.4) is 0 Å². The van der Waals surface area contributed by atoms with Gasteiger partial charge < -0.3 is 0 Å². The molecule has 2 heterocycles. The van der Waals surface area contributed by atoms with E-state index in [-0.39, 0.29) is 0 Å². The Labute approximate surface area is 322 Å². The van der Waals surface area contributed by atoms with Gasteiger partial charge in [0.2, 0.25) is 0 Å². The maximum atomic E-state index is 8.42. The van der Waals surface area contributed by atoms with Gasteiger partial charge in [0.15, 0.2) is 5.69 Å². The van der Waals surface area contributed by atoms with Crippen LogP contribution in [0.25, 0.3) is 115 Å². The average molecular weight is 711 g/mol. The van der Waals surface area contributed by atoms with Gasteiger partial charge in [-0.25, -0.2) is 19.8 Å².